The van der Waals surface area contributed by atoms with Crippen molar-refractivity contribution in [3.63, 3.8) is 0 Å². The maximum atomic E-state index is 12.6. The maximum absolute atomic E-state index is 12.6. The molecule has 1 aliphatic heterocycles. The van der Waals surface area contributed by atoms with Gasteiger partial charge in [0.25, 0.3) is 5.91 Å². The first-order valence-electron chi connectivity index (χ1n) is 6.42. The topological polar surface area (TPSA) is 79.2 Å². The van der Waals surface area contributed by atoms with E-state index in [1.165, 1.54) is 6.07 Å². The molecule has 0 aliphatic carbocycles. The minimum Gasteiger partial charge on any atom is -0.337 e. The Morgan fingerprint density at radius 3 is 2.86 bits per heavy atom. The van der Waals surface area contributed by atoms with Gasteiger partial charge in [-0.2, -0.15) is 0 Å². The molecule has 1 aliphatic rings. The Balaban J connectivity index is 0.00000161. The molecule has 3 N–H and O–H groups in total. The number of likely N-dealkylation sites (tertiary alicyclic amines) is 1. The largest absolute Gasteiger partial charge is 0.337 e. The van der Waals surface area contributed by atoms with Crippen molar-refractivity contribution >= 4 is 45.1 Å². The number of aromatic amines is 1. The van der Waals surface area contributed by atoms with Crippen LogP contribution in [0.15, 0.2) is 33.5 Å². The van der Waals surface area contributed by atoms with Gasteiger partial charge >= 0.3 is 0 Å². The molecular weight excluding hydrogens is 358 g/mol. The summed E-state index contributed by atoms with van der Waals surface area (Å²) in [6.45, 7) is 1.18. The monoisotopic (exact) mass is 371 g/mol. The second kappa shape index (κ2) is 6.17. The molecule has 21 heavy (non-hydrogen) atoms. The number of para-hydroxylation sites is 1. The number of hydrogen-bond acceptors (Lipinski definition) is 3. The number of H-pyrrole nitrogens is 1. The Morgan fingerprint density at radius 2 is 2.19 bits per heavy atom. The van der Waals surface area contributed by atoms with Gasteiger partial charge in [-0.25, -0.2) is 0 Å². The highest BCUT2D eigenvalue weighted by molar-refractivity contribution is 9.10. The molecule has 0 saturated carbocycles. The van der Waals surface area contributed by atoms with Gasteiger partial charge in [0.05, 0.1) is 11.1 Å². The summed E-state index contributed by atoms with van der Waals surface area (Å²) in [5.41, 5.74) is 6.63. The molecule has 1 fully saturated rings. The minimum atomic E-state index is -0.281. The molecule has 7 heteroatoms. The van der Waals surface area contributed by atoms with E-state index in [2.05, 4.69) is 20.9 Å². The number of nitrogens with one attached hydrogen (secondary N) is 1. The lowest BCUT2D eigenvalue weighted by molar-refractivity contribution is 0.0792. The number of carbonyl (C=O) groups is 1. The number of aromatic nitrogens is 1. The number of rotatable bonds is 1. The number of benzene rings is 1. The molecule has 1 saturated heterocycles. The number of nitrogens with two attached hydrogens (primary N) is 1. The standard InChI is InChI=1S/C14H14BrN3O2.ClH/c15-11-3-1-2-9-10(6-12(19)17-13(9)11)14(20)18-5-4-8(16)7-18;/h1-3,6,8H,4-5,7,16H2,(H,17,19);1H/t8-;/m0./s1. The molecule has 0 spiro atoms. The Labute approximate surface area is 136 Å². The van der Waals surface area contributed by atoms with Gasteiger partial charge in [-0.05, 0) is 28.4 Å². The van der Waals surface area contributed by atoms with Gasteiger partial charge in [-0.1, -0.05) is 12.1 Å². The van der Waals surface area contributed by atoms with E-state index in [0.29, 0.717) is 24.2 Å². The average molecular weight is 373 g/mol. The van der Waals surface area contributed by atoms with E-state index < -0.39 is 0 Å². The third-order valence-electron chi connectivity index (χ3n) is 3.57. The maximum Gasteiger partial charge on any atom is 0.254 e. The Bertz CT molecular complexity index is 747. The predicted octanol–water partition coefficient (Wildman–Crippen LogP) is 1.89. The van der Waals surface area contributed by atoms with Crippen molar-refractivity contribution < 1.29 is 4.79 Å². The van der Waals surface area contributed by atoms with Gasteiger partial charge in [-0.3, -0.25) is 9.59 Å². The van der Waals surface area contributed by atoms with E-state index in [1.54, 1.807) is 4.90 Å². The Morgan fingerprint density at radius 1 is 1.43 bits per heavy atom. The van der Waals surface area contributed by atoms with E-state index in [-0.39, 0.29) is 29.9 Å². The van der Waals surface area contributed by atoms with Crippen molar-refractivity contribution in [2.24, 2.45) is 5.73 Å². The van der Waals surface area contributed by atoms with Crippen molar-refractivity contribution in [2.45, 2.75) is 12.5 Å². The summed E-state index contributed by atoms with van der Waals surface area (Å²) in [5.74, 6) is -0.132. The van der Waals surface area contributed by atoms with Crippen LogP contribution >= 0.6 is 28.3 Å². The highest BCUT2D eigenvalue weighted by Gasteiger charge is 2.26. The van der Waals surface area contributed by atoms with E-state index >= 15 is 0 Å². The van der Waals surface area contributed by atoms with Crippen molar-refractivity contribution in [3.8, 4) is 0 Å². The first kappa shape index (κ1) is 16.0. The van der Waals surface area contributed by atoms with Crippen LogP contribution in [0.1, 0.15) is 16.8 Å². The lowest BCUT2D eigenvalue weighted by Gasteiger charge is -2.17. The summed E-state index contributed by atoms with van der Waals surface area (Å²) in [6.07, 6.45) is 0.802. The van der Waals surface area contributed by atoms with Crippen LogP contribution in [-0.4, -0.2) is 34.9 Å². The highest BCUT2D eigenvalue weighted by Crippen LogP contribution is 2.24. The fourth-order valence-electron chi connectivity index (χ4n) is 2.56. The van der Waals surface area contributed by atoms with Gasteiger partial charge in [-0.15, -0.1) is 12.4 Å². The second-order valence-electron chi connectivity index (χ2n) is 5.01. The van der Waals surface area contributed by atoms with Crippen LogP contribution in [0.5, 0.6) is 0 Å². The number of carbonyl (C=O) groups excluding carboxylic acids is 1. The number of fused-ring (bicyclic) bond motifs is 1. The third-order valence-corrected chi connectivity index (χ3v) is 4.23. The molecular formula is C14H15BrClN3O2. The lowest BCUT2D eigenvalue weighted by atomic mass is 10.1. The van der Waals surface area contributed by atoms with Crippen LogP contribution in [0.25, 0.3) is 10.9 Å². The quantitative estimate of drug-likeness (QED) is 0.802. The molecule has 5 nitrogen and oxygen atoms in total. The van der Waals surface area contributed by atoms with E-state index in [1.807, 2.05) is 18.2 Å². The van der Waals surface area contributed by atoms with Crippen molar-refractivity contribution in [2.75, 3.05) is 13.1 Å². The zero-order valence-electron chi connectivity index (χ0n) is 11.1. The molecule has 2 heterocycles. The normalized spacial score (nSPS) is 17.8. The van der Waals surface area contributed by atoms with Gasteiger partial charge < -0.3 is 15.6 Å². The SMILES string of the molecule is Cl.N[C@H]1CCN(C(=O)c2cc(=O)[nH]c3c(Br)cccc23)C1. The molecule has 3 rings (SSSR count). The molecule has 2 aromatic rings. The molecule has 112 valence electrons. The van der Waals surface area contributed by atoms with E-state index in [0.717, 1.165) is 16.3 Å². The number of pyridine rings is 1. The Hall–Kier alpha value is -1.37. The number of halogens is 2. The lowest BCUT2D eigenvalue weighted by Crippen LogP contribution is -2.32. The zero-order valence-corrected chi connectivity index (χ0v) is 13.5. The highest BCUT2D eigenvalue weighted by atomic mass is 79.9. The molecule has 0 radical (unpaired) electrons. The van der Waals surface area contributed by atoms with Crippen LogP contribution < -0.4 is 11.3 Å². The van der Waals surface area contributed by atoms with Gasteiger partial charge in [0.1, 0.15) is 0 Å². The predicted molar refractivity (Wildman–Crippen MR) is 88.0 cm³/mol. The zero-order chi connectivity index (χ0) is 14.3. The van der Waals surface area contributed by atoms with Crippen LogP contribution in [-0.2, 0) is 0 Å². The number of hydrogen-bond donors (Lipinski definition) is 2. The summed E-state index contributed by atoms with van der Waals surface area (Å²) in [5, 5.41) is 0.740. The summed E-state index contributed by atoms with van der Waals surface area (Å²) in [4.78, 5) is 28.8. The molecule has 1 aromatic heterocycles. The molecule has 1 aromatic carbocycles. The fourth-order valence-corrected chi connectivity index (χ4v) is 3.03. The summed E-state index contributed by atoms with van der Waals surface area (Å²) in [6, 6.07) is 6.90. The minimum absolute atomic E-state index is 0. The smallest absolute Gasteiger partial charge is 0.254 e. The number of amides is 1. The Kier molecular flexibility index (Phi) is 4.70. The van der Waals surface area contributed by atoms with Gasteiger partial charge in [0.15, 0.2) is 0 Å². The van der Waals surface area contributed by atoms with Crippen LogP contribution in [0, 0.1) is 0 Å². The van der Waals surface area contributed by atoms with E-state index in [4.69, 9.17) is 5.73 Å². The molecule has 1 atom stereocenters. The summed E-state index contributed by atoms with van der Waals surface area (Å²) < 4.78 is 0.764. The van der Waals surface area contributed by atoms with Crippen LogP contribution in [0.3, 0.4) is 0 Å². The van der Waals surface area contributed by atoms with Crippen molar-refractivity contribution in [1.82, 2.24) is 9.88 Å². The molecule has 0 unspecified atom stereocenters. The fraction of sp³-hybridized carbons (Fsp3) is 0.286. The van der Waals surface area contributed by atoms with Crippen LogP contribution in [0.2, 0.25) is 0 Å². The summed E-state index contributed by atoms with van der Waals surface area (Å²) >= 11 is 3.39. The second-order valence-corrected chi connectivity index (χ2v) is 5.86. The third kappa shape index (κ3) is 2.97. The average Bonchev–Trinajstić information content (AvgIpc) is 2.85. The molecule has 1 amide bonds. The van der Waals surface area contributed by atoms with Gasteiger partial charge in [0.2, 0.25) is 5.56 Å². The van der Waals surface area contributed by atoms with Crippen molar-refractivity contribution in [1.29, 1.82) is 0 Å². The molecule has 0 bridgehead atoms. The van der Waals surface area contributed by atoms with Crippen LogP contribution in [0.4, 0.5) is 0 Å². The van der Waals surface area contributed by atoms with Gasteiger partial charge in [0, 0.05) is 35.1 Å². The van der Waals surface area contributed by atoms with E-state index in [9.17, 15) is 9.59 Å². The summed E-state index contributed by atoms with van der Waals surface area (Å²) in [7, 11) is 0. The number of nitrogens with zero attached hydrogens (tertiary/aromatic N) is 1. The first-order valence-corrected chi connectivity index (χ1v) is 7.22. The van der Waals surface area contributed by atoms with Crippen molar-refractivity contribution in [3.05, 3.63) is 44.7 Å². The first-order chi connectivity index (χ1) is 9.56.